The highest BCUT2D eigenvalue weighted by atomic mass is 28.4. The van der Waals surface area contributed by atoms with Crippen molar-refractivity contribution < 1.29 is 112 Å². The number of carbonyl (C=O) groups excluding carboxylic acids is 2. The van der Waals surface area contributed by atoms with Crippen LogP contribution in [-0.2, 0) is 18.7 Å². The highest BCUT2D eigenvalue weighted by Crippen LogP contribution is 2.64. The maximum atomic E-state index is 15.0. The van der Waals surface area contributed by atoms with Crippen LogP contribution in [0.1, 0.15) is 79.4 Å². The van der Waals surface area contributed by atoms with E-state index in [1.165, 1.54) is 58.9 Å². The maximum Gasteiger partial charge on any atom is 0.460 e. The second-order valence-electron chi connectivity index (χ2n) is 16.4. The average molecular weight is 1050 g/mol. The van der Waals surface area contributed by atoms with Crippen LogP contribution in [0.15, 0.2) is 54.1 Å². The molecule has 69 heavy (non-hydrogen) atoms. The maximum absolute atomic E-state index is 15.0. The molecule has 1 amide bonds. The Labute approximate surface area is 384 Å². The first-order valence-electron chi connectivity index (χ1n) is 20.6. The summed E-state index contributed by atoms with van der Waals surface area (Å²) in [5.74, 6) is -60.0. The number of esters is 1. The highest BCUT2D eigenvalue weighted by Gasteiger charge is 2.95. The Morgan fingerprint density at radius 2 is 1.20 bits per heavy atom. The molecule has 0 fully saturated rings. The van der Waals surface area contributed by atoms with Crippen LogP contribution in [0.25, 0.3) is 0 Å². The lowest BCUT2D eigenvalue weighted by Gasteiger charge is -2.44. The van der Waals surface area contributed by atoms with E-state index < -0.39 is 134 Å². The molecule has 0 unspecified atom stereocenters. The van der Waals surface area contributed by atoms with Crippen LogP contribution in [0.2, 0.25) is 17.1 Å². The van der Waals surface area contributed by atoms with Crippen molar-refractivity contribution in [3.8, 4) is 5.75 Å². The first kappa shape index (κ1) is 60.7. The molecule has 27 heteroatoms. The Morgan fingerprint density at radius 1 is 0.696 bits per heavy atom. The van der Waals surface area contributed by atoms with Gasteiger partial charge in [0.1, 0.15) is 30.1 Å². The standard InChI is InChI=1S/C42H48F19NO6Si/c1-8-65-33(63)26(7)11-9-10-25(6)32(68-34(64)62-31-17-14-28(43)22-30(31)44)27-12-15-29(16-13-27)66-19-20-67-69(23(2)3,24(4)5)21-18-35(45,46)36(47,48)37(49,50)38(51,52)39(53,54)40(55,56)41(57,58)42(59,60)61/h11-17,22-25,32H,8-10,18-21H2,1-7H3,(H,62,64)/b26-11+/t25-,32-/m1/s1. The van der Waals surface area contributed by atoms with Gasteiger partial charge in [-0.25, -0.2) is 18.4 Å². The van der Waals surface area contributed by atoms with Crippen molar-refractivity contribution in [1.82, 2.24) is 0 Å². The van der Waals surface area contributed by atoms with Gasteiger partial charge in [0, 0.05) is 18.1 Å². The molecule has 2 aromatic carbocycles. The zero-order valence-corrected chi connectivity index (χ0v) is 38.5. The second-order valence-corrected chi connectivity index (χ2v) is 21.4. The van der Waals surface area contributed by atoms with Crippen molar-refractivity contribution in [2.45, 2.75) is 139 Å². The molecule has 0 aliphatic heterocycles. The van der Waals surface area contributed by atoms with Gasteiger partial charge in [-0.05, 0) is 79.6 Å². The number of alkyl halides is 17. The molecule has 1 N–H and O–H groups in total. The molecule has 0 heterocycles. The van der Waals surface area contributed by atoms with E-state index in [9.17, 15) is 84.2 Å². The minimum absolute atomic E-state index is 0.0608. The van der Waals surface area contributed by atoms with Crippen LogP contribution in [-0.4, -0.2) is 87.8 Å². The number of allylic oxidation sites excluding steroid dienone is 1. The topological polar surface area (TPSA) is 83.1 Å². The van der Waals surface area contributed by atoms with Crippen LogP contribution >= 0.6 is 0 Å². The molecule has 7 nitrogen and oxygen atoms in total. The quantitative estimate of drug-likeness (QED) is 0.0351. The third-order valence-electron chi connectivity index (χ3n) is 11.1. The van der Waals surface area contributed by atoms with Crippen LogP contribution in [0.4, 0.5) is 93.9 Å². The molecular formula is C42H48F19NO6Si. The third kappa shape index (κ3) is 12.7. The van der Waals surface area contributed by atoms with Crippen molar-refractivity contribution in [3.63, 3.8) is 0 Å². The summed E-state index contributed by atoms with van der Waals surface area (Å²) in [6.45, 7) is 9.08. The lowest BCUT2D eigenvalue weighted by Crippen LogP contribution is -2.74. The summed E-state index contributed by atoms with van der Waals surface area (Å²) in [6.07, 6.45) is -10.5. The minimum atomic E-state index is -8.72. The predicted molar refractivity (Wildman–Crippen MR) is 212 cm³/mol. The van der Waals surface area contributed by atoms with E-state index in [4.69, 9.17) is 18.6 Å². The van der Waals surface area contributed by atoms with Gasteiger partial charge in [0.25, 0.3) is 0 Å². The summed E-state index contributed by atoms with van der Waals surface area (Å²) in [5.41, 5.74) is -1.63. The van der Waals surface area contributed by atoms with Crippen LogP contribution in [0, 0.1) is 17.6 Å². The molecule has 0 spiro atoms. The molecule has 0 saturated heterocycles. The molecule has 0 aliphatic carbocycles. The van der Waals surface area contributed by atoms with Crippen molar-refractivity contribution in [2.24, 2.45) is 5.92 Å². The van der Waals surface area contributed by atoms with Gasteiger partial charge in [-0.15, -0.1) is 0 Å². The van der Waals surface area contributed by atoms with E-state index in [2.05, 4.69) is 5.32 Å². The van der Waals surface area contributed by atoms with Gasteiger partial charge in [-0.3, -0.25) is 5.32 Å². The fourth-order valence-corrected chi connectivity index (χ4v) is 11.4. The molecule has 2 rings (SSSR count). The van der Waals surface area contributed by atoms with Crippen molar-refractivity contribution in [3.05, 3.63) is 71.3 Å². The number of halogens is 19. The number of hydrogen-bond acceptors (Lipinski definition) is 6. The minimum Gasteiger partial charge on any atom is -0.491 e. The molecule has 0 radical (unpaired) electrons. The smallest absolute Gasteiger partial charge is 0.460 e. The Bertz CT molecular complexity index is 2060. The predicted octanol–water partition coefficient (Wildman–Crippen LogP) is 14.7. The summed E-state index contributed by atoms with van der Waals surface area (Å²) >= 11 is 0. The molecule has 0 bridgehead atoms. The van der Waals surface area contributed by atoms with Crippen LogP contribution in [0.3, 0.4) is 0 Å². The van der Waals surface area contributed by atoms with E-state index in [0.29, 0.717) is 30.0 Å². The number of nitrogens with one attached hydrogen (secondary N) is 1. The van der Waals surface area contributed by atoms with Gasteiger partial charge in [0.05, 0.1) is 18.9 Å². The lowest BCUT2D eigenvalue weighted by molar-refractivity contribution is -0.461. The van der Waals surface area contributed by atoms with Gasteiger partial charge >= 0.3 is 59.7 Å². The number of ether oxygens (including phenoxy) is 3. The van der Waals surface area contributed by atoms with E-state index in [1.54, 1.807) is 19.9 Å². The summed E-state index contributed by atoms with van der Waals surface area (Å²) in [4.78, 5) is 24.9. The summed E-state index contributed by atoms with van der Waals surface area (Å²) in [6, 6.07) is 6.51. The van der Waals surface area contributed by atoms with Gasteiger partial charge < -0.3 is 18.6 Å². The average Bonchev–Trinajstić information content (AvgIpc) is 3.22. The number of benzene rings is 2. The van der Waals surface area contributed by atoms with Crippen LogP contribution in [0.5, 0.6) is 5.75 Å². The SMILES string of the molecule is CCOC(=O)/C(C)=C/CC[C@@H](C)[C@@H](OC(=O)Nc1ccc(F)cc1F)c1ccc(OCCO[Si](CCC(F)(F)C(F)(F)C(F)(F)C(F)(F)C(F)(F)C(F)(F)C(F)(F)C(F)(F)F)(C(C)C)C(C)C)cc1. The number of amides is 1. The van der Waals surface area contributed by atoms with Crippen molar-refractivity contribution >= 4 is 26.1 Å². The molecule has 2 atom stereocenters. The fraction of sp³-hybridized carbons (Fsp3) is 0.619. The molecule has 0 saturated carbocycles. The third-order valence-corrected chi connectivity index (χ3v) is 16.8. The van der Waals surface area contributed by atoms with Gasteiger partial charge in [0.15, 0.2) is 8.32 Å². The zero-order valence-electron chi connectivity index (χ0n) is 37.5. The van der Waals surface area contributed by atoms with Crippen LogP contribution < -0.4 is 10.1 Å². The Kier molecular flexibility index (Phi) is 19.6. The molecule has 0 aliphatic rings. The van der Waals surface area contributed by atoms with Gasteiger partial charge in [0.2, 0.25) is 0 Å². The Morgan fingerprint density at radius 3 is 1.68 bits per heavy atom. The van der Waals surface area contributed by atoms with E-state index >= 15 is 8.78 Å². The Hall–Kier alpha value is -4.43. The van der Waals surface area contributed by atoms with Crippen molar-refractivity contribution in [1.29, 1.82) is 0 Å². The second kappa shape index (κ2) is 22.3. The molecular weight excluding hydrogens is 1000 g/mol. The summed E-state index contributed by atoms with van der Waals surface area (Å²) in [5, 5.41) is 2.17. The van der Waals surface area contributed by atoms with Crippen molar-refractivity contribution in [2.75, 3.05) is 25.1 Å². The van der Waals surface area contributed by atoms with E-state index in [0.717, 1.165) is 12.1 Å². The Balaban J connectivity index is 2.32. The number of anilines is 1. The number of hydrogen-bond donors (Lipinski definition) is 1. The van der Waals surface area contributed by atoms with Gasteiger partial charge in [-0.2, -0.15) is 74.6 Å². The normalized spacial score (nSPS) is 15.0. The van der Waals surface area contributed by atoms with Gasteiger partial charge in [-0.1, -0.05) is 52.8 Å². The number of rotatable bonds is 25. The molecule has 0 aromatic heterocycles. The lowest BCUT2D eigenvalue weighted by atomic mass is 9.88. The monoisotopic (exact) mass is 1050 g/mol. The van der Waals surface area contributed by atoms with E-state index in [-0.39, 0.29) is 12.4 Å². The fourth-order valence-electron chi connectivity index (χ4n) is 6.90. The first-order chi connectivity index (χ1) is 31.2. The molecule has 394 valence electrons. The highest BCUT2D eigenvalue weighted by molar-refractivity contribution is 6.76. The summed E-state index contributed by atoms with van der Waals surface area (Å²) < 4.78 is 286. The first-order valence-corrected chi connectivity index (χ1v) is 22.9. The largest absolute Gasteiger partial charge is 0.491 e. The zero-order chi connectivity index (χ0) is 53.6. The number of carbonyl (C=O) groups is 2. The summed E-state index contributed by atoms with van der Waals surface area (Å²) in [7, 11) is -4.05. The van der Waals surface area contributed by atoms with E-state index in [1.807, 2.05) is 0 Å². The molecule has 2 aromatic rings.